The minimum Gasteiger partial charge on any atom is -0.502 e. The van der Waals surface area contributed by atoms with Gasteiger partial charge in [0.1, 0.15) is 0 Å². The number of aliphatic hydroxyl groups is 1. The van der Waals surface area contributed by atoms with E-state index in [0.717, 1.165) is 24.8 Å². The van der Waals surface area contributed by atoms with Gasteiger partial charge >= 0.3 is 0 Å². The Bertz CT molecular complexity index is 413. The van der Waals surface area contributed by atoms with Gasteiger partial charge in [-0.3, -0.25) is 0 Å². The third-order valence-electron chi connectivity index (χ3n) is 3.82. The fourth-order valence-corrected chi connectivity index (χ4v) is 2.33. The van der Waals surface area contributed by atoms with Crippen molar-refractivity contribution in [1.82, 2.24) is 5.32 Å². The van der Waals surface area contributed by atoms with Crippen LogP contribution in [0, 0.1) is 0 Å². The molecular weight excluding hydrogens is 246 g/mol. The fraction of sp³-hybridized carbons (Fsp3) is 0.571. The first-order valence-electron chi connectivity index (χ1n) is 6.44. The highest BCUT2D eigenvalue weighted by Gasteiger charge is 2.35. The second-order valence-electron chi connectivity index (χ2n) is 4.99. The molecule has 0 aromatic heterocycles. The molecule has 0 saturated heterocycles. The topological polar surface area (TPSA) is 71.0 Å². The lowest BCUT2D eigenvalue weighted by Crippen LogP contribution is -2.53. The van der Waals surface area contributed by atoms with Gasteiger partial charge in [0.2, 0.25) is 5.75 Å². The molecule has 1 aliphatic rings. The summed E-state index contributed by atoms with van der Waals surface area (Å²) in [5.74, 6) is 0.792. The van der Waals surface area contributed by atoms with Crippen molar-refractivity contribution >= 4 is 0 Å². The number of phenolic OH excluding ortho intramolecular Hbond substituents is 1. The van der Waals surface area contributed by atoms with Gasteiger partial charge in [0.25, 0.3) is 0 Å². The minimum absolute atomic E-state index is 0.00858. The summed E-state index contributed by atoms with van der Waals surface area (Å²) in [6.45, 7) is 0.757. The van der Waals surface area contributed by atoms with Crippen LogP contribution in [0.15, 0.2) is 12.1 Å². The summed E-state index contributed by atoms with van der Waals surface area (Å²) in [7, 11) is 3.01. The van der Waals surface area contributed by atoms with E-state index in [4.69, 9.17) is 9.47 Å². The van der Waals surface area contributed by atoms with Gasteiger partial charge < -0.3 is 25.0 Å². The predicted octanol–water partition coefficient (Wildman–Crippen LogP) is 1.41. The third-order valence-corrected chi connectivity index (χ3v) is 3.82. The maximum Gasteiger partial charge on any atom is 0.200 e. The van der Waals surface area contributed by atoms with E-state index in [1.54, 1.807) is 12.1 Å². The van der Waals surface area contributed by atoms with Gasteiger partial charge in [0.05, 0.1) is 20.8 Å². The number of ether oxygens (including phenoxy) is 2. The number of aromatic hydroxyl groups is 1. The average Bonchev–Trinajstić information content (AvgIpc) is 2.39. The Hall–Kier alpha value is -1.46. The lowest BCUT2D eigenvalue weighted by atomic mass is 9.77. The molecule has 2 rings (SSSR count). The van der Waals surface area contributed by atoms with E-state index in [9.17, 15) is 10.2 Å². The number of hydrogen-bond donors (Lipinski definition) is 3. The number of aliphatic hydroxyl groups excluding tert-OH is 1. The van der Waals surface area contributed by atoms with Crippen molar-refractivity contribution in [3.05, 3.63) is 17.7 Å². The smallest absolute Gasteiger partial charge is 0.200 e. The van der Waals surface area contributed by atoms with Crippen molar-refractivity contribution in [2.24, 2.45) is 0 Å². The van der Waals surface area contributed by atoms with Gasteiger partial charge in [0.15, 0.2) is 11.5 Å². The number of benzene rings is 1. The Labute approximate surface area is 113 Å². The van der Waals surface area contributed by atoms with Crippen LogP contribution in [0.25, 0.3) is 0 Å². The second-order valence-corrected chi connectivity index (χ2v) is 4.99. The molecule has 0 spiro atoms. The number of nitrogens with one attached hydrogen (secondary N) is 1. The van der Waals surface area contributed by atoms with E-state index in [-0.39, 0.29) is 17.9 Å². The summed E-state index contributed by atoms with van der Waals surface area (Å²) in [5, 5.41) is 22.6. The monoisotopic (exact) mass is 267 g/mol. The molecule has 0 amide bonds. The quantitative estimate of drug-likeness (QED) is 0.727. The van der Waals surface area contributed by atoms with E-state index in [1.807, 2.05) is 0 Å². The van der Waals surface area contributed by atoms with E-state index in [1.165, 1.54) is 14.2 Å². The summed E-state index contributed by atoms with van der Waals surface area (Å²) < 4.78 is 10.2. The predicted molar refractivity (Wildman–Crippen MR) is 71.7 cm³/mol. The van der Waals surface area contributed by atoms with Crippen LogP contribution in [0.3, 0.4) is 0 Å². The molecule has 0 atom stereocenters. The zero-order valence-electron chi connectivity index (χ0n) is 11.4. The third kappa shape index (κ3) is 2.77. The van der Waals surface area contributed by atoms with Crippen LogP contribution in [-0.4, -0.2) is 36.6 Å². The van der Waals surface area contributed by atoms with Crippen LogP contribution in [0.1, 0.15) is 24.8 Å². The molecule has 1 aliphatic carbocycles. The highest BCUT2D eigenvalue weighted by Crippen LogP contribution is 2.37. The van der Waals surface area contributed by atoms with Crippen LogP contribution in [0.2, 0.25) is 0 Å². The van der Waals surface area contributed by atoms with Crippen LogP contribution < -0.4 is 14.8 Å². The van der Waals surface area contributed by atoms with Crippen molar-refractivity contribution in [3.8, 4) is 17.2 Å². The molecule has 5 heteroatoms. The van der Waals surface area contributed by atoms with E-state index in [0.29, 0.717) is 18.0 Å². The van der Waals surface area contributed by atoms with Crippen molar-refractivity contribution in [2.45, 2.75) is 31.3 Å². The molecule has 0 aliphatic heterocycles. The lowest BCUT2D eigenvalue weighted by molar-refractivity contribution is 0.0871. The molecule has 3 N–H and O–H groups in total. The van der Waals surface area contributed by atoms with Crippen molar-refractivity contribution in [1.29, 1.82) is 0 Å². The molecule has 1 aromatic rings. The molecule has 0 radical (unpaired) electrons. The highest BCUT2D eigenvalue weighted by atomic mass is 16.5. The molecule has 0 unspecified atom stereocenters. The summed E-state index contributed by atoms with van der Waals surface area (Å²) >= 11 is 0. The fourth-order valence-electron chi connectivity index (χ4n) is 2.33. The van der Waals surface area contributed by atoms with E-state index >= 15 is 0 Å². The molecular formula is C14H21NO4. The first-order chi connectivity index (χ1) is 9.14. The zero-order chi connectivity index (χ0) is 13.9. The molecule has 1 saturated carbocycles. The molecule has 1 fully saturated rings. The standard InChI is InChI=1S/C14H21NO4/c1-18-11-6-10(7-12(19-2)13(11)17)8-15-14(9-16)4-3-5-14/h6-7,15-17H,3-5,8-9H2,1-2H3. The Morgan fingerprint density at radius 2 is 1.79 bits per heavy atom. The number of methoxy groups -OCH3 is 2. The summed E-state index contributed by atoms with van der Waals surface area (Å²) in [5.41, 5.74) is 0.810. The Kier molecular flexibility index (Phi) is 4.17. The van der Waals surface area contributed by atoms with Gasteiger partial charge in [-0.15, -0.1) is 0 Å². The van der Waals surface area contributed by atoms with Crippen molar-refractivity contribution in [2.75, 3.05) is 20.8 Å². The van der Waals surface area contributed by atoms with Gasteiger partial charge in [-0.25, -0.2) is 0 Å². The van der Waals surface area contributed by atoms with Crippen LogP contribution >= 0.6 is 0 Å². The summed E-state index contributed by atoms with van der Waals surface area (Å²) in [6, 6.07) is 3.54. The maximum atomic E-state index is 9.83. The Morgan fingerprint density at radius 3 is 2.16 bits per heavy atom. The van der Waals surface area contributed by atoms with Crippen molar-refractivity contribution < 1.29 is 19.7 Å². The number of rotatable bonds is 6. The van der Waals surface area contributed by atoms with Crippen LogP contribution in [-0.2, 0) is 6.54 Å². The lowest BCUT2D eigenvalue weighted by Gasteiger charge is -2.41. The largest absolute Gasteiger partial charge is 0.502 e. The van der Waals surface area contributed by atoms with Crippen LogP contribution in [0.5, 0.6) is 17.2 Å². The molecule has 0 heterocycles. The first-order valence-corrected chi connectivity index (χ1v) is 6.44. The van der Waals surface area contributed by atoms with Crippen molar-refractivity contribution in [3.63, 3.8) is 0 Å². The highest BCUT2D eigenvalue weighted by molar-refractivity contribution is 5.52. The van der Waals surface area contributed by atoms with E-state index < -0.39 is 0 Å². The molecule has 0 bridgehead atoms. The zero-order valence-corrected chi connectivity index (χ0v) is 11.4. The number of phenols is 1. The van der Waals surface area contributed by atoms with Gasteiger partial charge in [-0.1, -0.05) is 0 Å². The molecule has 19 heavy (non-hydrogen) atoms. The van der Waals surface area contributed by atoms with Gasteiger partial charge in [0, 0.05) is 12.1 Å². The Balaban J connectivity index is 2.11. The average molecular weight is 267 g/mol. The maximum absolute atomic E-state index is 9.83. The second kappa shape index (κ2) is 5.67. The summed E-state index contributed by atoms with van der Waals surface area (Å²) in [4.78, 5) is 0. The molecule has 5 nitrogen and oxygen atoms in total. The SMILES string of the molecule is COc1cc(CNC2(CO)CCC2)cc(OC)c1O. The van der Waals surface area contributed by atoms with E-state index in [2.05, 4.69) is 5.32 Å². The minimum atomic E-state index is -0.141. The number of hydrogen-bond acceptors (Lipinski definition) is 5. The first kappa shape index (κ1) is 14.0. The van der Waals surface area contributed by atoms with Gasteiger partial charge in [-0.05, 0) is 37.0 Å². The molecule has 1 aromatic carbocycles. The van der Waals surface area contributed by atoms with Gasteiger partial charge in [-0.2, -0.15) is 0 Å². The normalized spacial score (nSPS) is 16.8. The summed E-state index contributed by atoms with van der Waals surface area (Å²) in [6.07, 6.45) is 3.14. The van der Waals surface area contributed by atoms with Crippen LogP contribution in [0.4, 0.5) is 0 Å². The Morgan fingerprint density at radius 1 is 1.21 bits per heavy atom. The molecule has 106 valence electrons.